The Hall–Kier alpha value is -2.18. The normalized spacial score (nSPS) is 24.8. The Labute approximate surface area is 146 Å². The Morgan fingerprint density at radius 2 is 1.96 bits per heavy atom. The van der Waals surface area contributed by atoms with E-state index < -0.39 is 0 Å². The molecule has 2 fully saturated rings. The van der Waals surface area contributed by atoms with Crippen LogP contribution in [0, 0.1) is 5.92 Å². The van der Waals surface area contributed by atoms with E-state index in [0.29, 0.717) is 30.4 Å². The van der Waals surface area contributed by atoms with Crippen LogP contribution in [-0.4, -0.2) is 66.1 Å². The van der Waals surface area contributed by atoms with Crippen molar-refractivity contribution in [3.8, 4) is 0 Å². The molecule has 2 aromatic rings. The van der Waals surface area contributed by atoms with Gasteiger partial charge in [0.25, 0.3) is 5.91 Å². The summed E-state index contributed by atoms with van der Waals surface area (Å²) in [7, 11) is 0. The molecule has 1 amide bonds. The van der Waals surface area contributed by atoms with E-state index in [9.17, 15) is 9.59 Å². The third kappa shape index (κ3) is 2.96. The molecule has 6 nitrogen and oxygen atoms in total. The van der Waals surface area contributed by atoms with E-state index in [1.54, 1.807) is 12.3 Å². The lowest BCUT2D eigenvalue weighted by atomic mass is 10.0. The molecule has 0 spiro atoms. The zero-order valence-electron chi connectivity index (χ0n) is 14.4. The maximum Gasteiger partial charge on any atom is 0.259 e. The number of hydrogen-bond acceptors (Lipinski definition) is 4. The van der Waals surface area contributed by atoms with E-state index in [1.165, 1.54) is 0 Å². The van der Waals surface area contributed by atoms with Gasteiger partial charge in [0.05, 0.1) is 13.2 Å². The van der Waals surface area contributed by atoms with Gasteiger partial charge in [-0.1, -0.05) is 19.1 Å². The molecule has 4 rings (SSSR count). The predicted octanol–water partition coefficient (Wildman–Crippen LogP) is 1.32. The van der Waals surface area contributed by atoms with Crippen LogP contribution in [0.25, 0.3) is 10.9 Å². The molecule has 132 valence electrons. The van der Waals surface area contributed by atoms with Crippen molar-refractivity contribution in [2.75, 3.05) is 39.4 Å². The van der Waals surface area contributed by atoms with Gasteiger partial charge in [0.15, 0.2) is 0 Å². The van der Waals surface area contributed by atoms with Crippen LogP contribution >= 0.6 is 0 Å². The minimum absolute atomic E-state index is 0.172. The molecule has 6 heteroatoms. The number of rotatable bonds is 2. The van der Waals surface area contributed by atoms with Gasteiger partial charge in [-0.2, -0.15) is 0 Å². The number of nitrogens with one attached hydrogen (secondary N) is 1. The summed E-state index contributed by atoms with van der Waals surface area (Å²) >= 11 is 0. The number of hydrogen-bond donors (Lipinski definition) is 1. The Morgan fingerprint density at radius 3 is 2.76 bits per heavy atom. The topological polar surface area (TPSA) is 65.6 Å². The lowest BCUT2D eigenvalue weighted by Crippen LogP contribution is -2.47. The number of benzene rings is 1. The van der Waals surface area contributed by atoms with Gasteiger partial charge in [0.1, 0.15) is 5.56 Å². The zero-order chi connectivity index (χ0) is 17.4. The summed E-state index contributed by atoms with van der Waals surface area (Å²) in [4.78, 5) is 33.0. The standard InChI is InChI=1S/C19H23N3O3/c1-13-11-22(12-17(13)21-6-8-25-9-7-21)19(24)15-10-20-16-5-3-2-4-14(16)18(15)23/h2-5,10,13,17H,6-9,11-12H2,1H3,(H,20,23)/t13-,17+/m0/s1. The first-order chi connectivity index (χ1) is 12.1. The number of morpholine rings is 1. The van der Waals surface area contributed by atoms with Crippen LogP contribution in [-0.2, 0) is 4.74 Å². The van der Waals surface area contributed by atoms with E-state index >= 15 is 0 Å². The maximum atomic E-state index is 12.9. The highest BCUT2D eigenvalue weighted by molar-refractivity contribution is 5.97. The number of amides is 1. The average Bonchev–Trinajstić information content (AvgIpc) is 3.04. The third-order valence-electron chi connectivity index (χ3n) is 5.39. The van der Waals surface area contributed by atoms with Crippen molar-refractivity contribution >= 4 is 16.8 Å². The second kappa shape index (κ2) is 6.61. The number of para-hydroxylation sites is 1. The smallest absolute Gasteiger partial charge is 0.259 e. The molecule has 0 saturated carbocycles. The van der Waals surface area contributed by atoms with Crippen molar-refractivity contribution in [1.29, 1.82) is 0 Å². The molecule has 2 atom stereocenters. The van der Waals surface area contributed by atoms with Gasteiger partial charge >= 0.3 is 0 Å². The third-order valence-corrected chi connectivity index (χ3v) is 5.39. The first-order valence-electron chi connectivity index (χ1n) is 8.86. The quantitative estimate of drug-likeness (QED) is 0.895. The van der Waals surface area contributed by atoms with E-state index in [2.05, 4.69) is 16.8 Å². The van der Waals surface area contributed by atoms with Crippen molar-refractivity contribution in [1.82, 2.24) is 14.8 Å². The van der Waals surface area contributed by atoms with E-state index in [1.807, 2.05) is 23.1 Å². The molecule has 0 bridgehead atoms. The number of aromatic nitrogens is 1. The summed E-state index contributed by atoms with van der Waals surface area (Å²) in [6.07, 6.45) is 1.56. The van der Waals surface area contributed by atoms with Crippen LogP contribution in [0.15, 0.2) is 35.3 Å². The molecule has 1 N–H and O–H groups in total. The van der Waals surface area contributed by atoms with Crippen molar-refractivity contribution in [3.63, 3.8) is 0 Å². The van der Waals surface area contributed by atoms with Gasteiger partial charge in [0, 0.05) is 49.3 Å². The van der Waals surface area contributed by atoms with Gasteiger partial charge in [-0.15, -0.1) is 0 Å². The number of ether oxygens (including phenoxy) is 1. The fourth-order valence-electron chi connectivity index (χ4n) is 4.00. The molecular formula is C19H23N3O3. The molecule has 2 aliphatic heterocycles. The molecule has 1 aromatic carbocycles. The largest absolute Gasteiger partial charge is 0.379 e. The number of H-pyrrole nitrogens is 1. The molecule has 0 unspecified atom stereocenters. The molecule has 1 aromatic heterocycles. The first kappa shape index (κ1) is 16.3. The molecule has 25 heavy (non-hydrogen) atoms. The summed E-state index contributed by atoms with van der Waals surface area (Å²) in [5, 5.41) is 0.560. The second-order valence-corrected chi connectivity index (χ2v) is 6.98. The van der Waals surface area contributed by atoms with Gasteiger partial charge < -0.3 is 14.6 Å². The number of nitrogens with zero attached hydrogens (tertiary/aromatic N) is 2. The molecule has 0 aliphatic carbocycles. The highest BCUT2D eigenvalue weighted by Gasteiger charge is 2.37. The highest BCUT2D eigenvalue weighted by atomic mass is 16.5. The Morgan fingerprint density at radius 1 is 1.20 bits per heavy atom. The van der Waals surface area contributed by atoms with Crippen molar-refractivity contribution in [2.24, 2.45) is 5.92 Å². The number of fused-ring (bicyclic) bond motifs is 1. The van der Waals surface area contributed by atoms with Crippen molar-refractivity contribution < 1.29 is 9.53 Å². The minimum atomic E-state index is -0.193. The fourth-order valence-corrected chi connectivity index (χ4v) is 4.00. The van der Waals surface area contributed by atoms with E-state index in [-0.39, 0.29) is 16.9 Å². The average molecular weight is 341 g/mol. The van der Waals surface area contributed by atoms with Crippen LogP contribution in [0.3, 0.4) is 0 Å². The summed E-state index contributed by atoms with van der Waals surface area (Å²) in [6.45, 7) is 6.86. The summed E-state index contributed by atoms with van der Waals surface area (Å²) in [5.74, 6) is 0.219. The van der Waals surface area contributed by atoms with Crippen LogP contribution in [0.2, 0.25) is 0 Å². The molecule has 2 aliphatic rings. The lowest BCUT2D eigenvalue weighted by molar-refractivity contribution is 0.0119. The van der Waals surface area contributed by atoms with Gasteiger partial charge in [0.2, 0.25) is 5.43 Å². The van der Waals surface area contributed by atoms with Crippen LogP contribution < -0.4 is 5.43 Å². The Balaban J connectivity index is 1.57. The Bertz CT molecular complexity index is 841. The van der Waals surface area contributed by atoms with E-state index in [4.69, 9.17) is 4.74 Å². The number of pyridine rings is 1. The van der Waals surface area contributed by atoms with E-state index in [0.717, 1.165) is 31.8 Å². The Kier molecular flexibility index (Phi) is 4.31. The minimum Gasteiger partial charge on any atom is -0.379 e. The fraction of sp³-hybridized carbons (Fsp3) is 0.474. The van der Waals surface area contributed by atoms with Crippen LogP contribution in [0.5, 0.6) is 0 Å². The SMILES string of the molecule is C[C@H]1CN(C(=O)c2c[nH]c3ccccc3c2=O)C[C@H]1N1CCOCC1. The summed E-state index contributed by atoms with van der Waals surface area (Å²) < 4.78 is 5.43. The molecular weight excluding hydrogens is 318 g/mol. The number of aromatic amines is 1. The number of carbonyl (C=O) groups is 1. The van der Waals surface area contributed by atoms with Crippen molar-refractivity contribution in [3.05, 3.63) is 46.2 Å². The van der Waals surface area contributed by atoms with Gasteiger partial charge in [-0.25, -0.2) is 0 Å². The lowest BCUT2D eigenvalue weighted by Gasteiger charge is -2.33. The summed E-state index contributed by atoms with van der Waals surface area (Å²) in [5.41, 5.74) is 0.792. The second-order valence-electron chi connectivity index (χ2n) is 6.98. The highest BCUT2D eigenvalue weighted by Crippen LogP contribution is 2.24. The predicted molar refractivity (Wildman–Crippen MR) is 95.8 cm³/mol. The van der Waals surface area contributed by atoms with Gasteiger partial charge in [-0.3, -0.25) is 14.5 Å². The first-order valence-corrected chi connectivity index (χ1v) is 8.86. The summed E-state index contributed by atoms with van der Waals surface area (Å²) in [6, 6.07) is 7.63. The number of carbonyl (C=O) groups excluding carboxylic acids is 1. The maximum absolute atomic E-state index is 12.9. The molecule has 3 heterocycles. The molecule has 2 saturated heterocycles. The van der Waals surface area contributed by atoms with Crippen molar-refractivity contribution in [2.45, 2.75) is 13.0 Å². The molecule has 0 radical (unpaired) electrons. The van der Waals surface area contributed by atoms with Gasteiger partial charge in [-0.05, 0) is 18.1 Å². The van der Waals surface area contributed by atoms with Crippen LogP contribution in [0.4, 0.5) is 0 Å². The monoisotopic (exact) mass is 341 g/mol. The van der Waals surface area contributed by atoms with Crippen LogP contribution in [0.1, 0.15) is 17.3 Å². The number of likely N-dealkylation sites (tertiary alicyclic amines) is 1. The zero-order valence-corrected chi connectivity index (χ0v) is 14.4.